The van der Waals surface area contributed by atoms with Crippen molar-refractivity contribution < 1.29 is 9.69 Å². The monoisotopic (exact) mass is 351 g/mol. The topological polar surface area (TPSA) is 33.5 Å². The van der Waals surface area contributed by atoms with E-state index in [2.05, 4.69) is 31.3 Å². The highest BCUT2D eigenvalue weighted by Crippen LogP contribution is 2.23. The molecule has 0 heterocycles. The minimum absolute atomic E-state index is 0.203. The molecule has 0 aliphatic heterocycles. The summed E-state index contributed by atoms with van der Waals surface area (Å²) in [6, 6.07) is 12.8. The van der Waals surface area contributed by atoms with Gasteiger partial charge in [0.05, 0.1) is 23.1 Å². The Bertz CT molecular complexity index is 667. The Morgan fingerprint density at radius 2 is 1.65 bits per heavy atom. The van der Waals surface area contributed by atoms with Crippen molar-refractivity contribution in [2.45, 2.75) is 20.4 Å². The van der Waals surface area contributed by atoms with Crippen molar-refractivity contribution in [2.75, 3.05) is 18.4 Å². The summed E-state index contributed by atoms with van der Waals surface area (Å²) in [6.07, 6.45) is 0. The predicted octanol–water partition coefficient (Wildman–Crippen LogP) is 3.67. The maximum absolute atomic E-state index is 12.2. The molecule has 0 radical (unpaired) electrons. The van der Waals surface area contributed by atoms with Crippen molar-refractivity contribution in [1.82, 2.24) is 0 Å². The van der Waals surface area contributed by atoms with Gasteiger partial charge in [0.25, 0.3) is 5.91 Å². The maximum atomic E-state index is 12.2. The van der Waals surface area contributed by atoms with Crippen LogP contribution >= 0.6 is 23.2 Å². The molecule has 23 heavy (non-hydrogen) atoms. The van der Waals surface area contributed by atoms with E-state index in [1.54, 1.807) is 18.2 Å². The highest BCUT2D eigenvalue weighted by Gasteiger charge is 2.09. The van der Waals surface area contributed by atoms with E-state index in [-0.39, 0.29) is 5.91 Å². The van der Waals surface area contributed by atoms with E-state index in [1.165, 1.54) is 10.5 Å². The molecule has 0 aliphatic carbocycles. The van der Waals surface area contributed by atoms with Crippen LogP contribution in [0, 0.1) is 0 Å². The first kappa shape index (κ1) is 17.8. The fourth-order valence-electron chi connectivity index (χ4n) is 2.34. The van der Waals surface area contributed by atoms with E-state index in [9.17, 15) is 4.79 Å². The molecule has 0 saturated heterocycles. The van der Waals surface area contributed by atoms with Gasteiger partial charge in [0.15, 0.2) is 0 Å². The lowest BCUT2D eigenvalue weighted by Gasteiger charge is -2.15. The van der Waals surface area contributed by atoms with Crippen LogP contribution < -0.4 is 10.2 Å². The first-order valence-electron chi connectivity index (χ1n) is 7.72. The SMILES string of the molecule is CC[NH+](CC)Cc1ccc(NC(=O)c2ccc(Cl)c(Cl)c2)cc1. The Kier molecular flexibility index (Phi) is 6.46. The lowest BCUT2D eigenvalue weighted by atomic mass is 10.1. The van der Waals surface area contributed by atoms with Crippen LogP contribution in [0.1, 0.15) is 29.8 Å². The molecule has 0 unspecified atom stereocenters. The van der Waals surface area contributed by atoms with Crippen LogP contribution in [-0.2, 0) is 6.54 Å². The molecule has 0 atom stereocenters. The van der Waals surface area contributed by atoms with E-state index in [4.69, 9.17) is 23.2 Å². The number of nitrogens with one attached hydrogen (secondary N) is 2. The zero-order valence-corrected chi connectivity index (χ0v) is 14.8. The normalized spacial score (nSPS) is 10.8. The first-order chi connectivity index (χ1) is 11.0. The maximum Gasteiger partial charge on any atom is 0.255 e. The van der Waals surface area contributed by atoms with Gasteiger partial charge in [-0.25, -0.2) is 0 Å². The molecule has 3 nitrogen and oxygen atoms in total. The number of rotatable bonds is 6. The van der Waals surface area contributed by atoms with Crippen LogP contribution in [0.3, 0.4) is 0 Å². The largest absolute Gasteiger partial charge is 0.332 e. The highest BCUT2D eigenvalue weighted by atomic mass is 35.5. The van der Waals surface area contributed by atoms with Crippen molar-refractivity contribution in [3.05, 3.63) is 63.6 Å². The Morgan fingerprint density at radius 1 is 1.00 bits per heavy atom. The van der Waals surface area contributed by atoms with Crippen LogP contribution in [0.4, 0.5) is 5.69 Å². The summed E-state index contributed by atoms with van der Waals surface area (Å²) in [5.41, 5.74) is 2.51. The van der Waals surface area contributed by atoms with Gasteiger partial charge in [-0.3, -0.25) is 4.79 Å². The molecule has 2 N–H and O–H groups in total. The fourth-order valence-corrected chi connectivity index (χ4v) is 2.63. The highest BCUT2D eigenvalue weighted by molar-refractivity contribution is 6.42. The minimum Gasteiger partial charge on any atom is -0.332 e. The second-order valence-electron chi connectivity index (χ2n) is 5.41. The average molecular weight is 352 g/mol. The van der Waals surface area contributed by atoms with Crippen LogP contribution in [-0.4, -0.2) is 19.0 Å². The Labute approximate surface area is 147 Å². The van der Waals surface area contributed by atoms with Crippen molar-refractivity contribution in [3.8, 4) is 0 Å². The number of carbonyl (C=O) groups excluding carboxylic acids is 1. The summed E-state index contributed by atoms with van der Waals surface area (Å²) in [7, 11) is 0. The van der Waals surface area contributed by atoms with Crippen LogP contribution in [0.25, 0.3) is 0 Å². The van der Waals surface area contributed by atoms with Gasteiger partial charge in [0.2, 0.25) is 0 Å². The predicted molar refractivity (Wildman–Crippen MR) is 96.6 cm³/mol. The number of amides is 1. The number of quaternary nitrogens is 1. The van der Waals surface area contributed by atoms with Crippen LogP contribution in [0.2, 0.25) is 10.0 Å². The van der Waals surface area contributed by atoms with Crippen molar-refractivity contribution in [1.29, 1.82) is 0 Å². The molecule has 0 bridgehead atoms. The molecule has 0 saturated carbocycles. The van der Waals surface area contributed by atoms with Gasteiger partial charge in [-0.1, -0.05) is 35.3 Å². The summed E-state index contributed by atoms with van der Waals surface area (Å²) in [4.78, 5) is 13.7. The summed E-state index contributed by atoms with van der Waals surface area (Å²) >= 11 is 11.8. The fraction of sp³-hybridized carbons (Fsp3) is 0.278. The summed E-state index contributed by atoms with van der Waals surface area (Å²) in [5, 5.41) is 3.67. The molecule has 5 heteroatoms. The van der Waals surface area contributed by atoms with Crippen LogP contribution in [0.5, 0.6) is 0 Å². The lowest BCUT2D eigenvalue weighted by Crippen LogP contribution is -3.10. The second kappa shape index (κ2) is 8.34. The molecule has 0 fully saturated rings. The lowest BCUT2D eigenvalue weighted by molar-refractivity contribution is -0.910. The van der Waals surface area contributed by atoms with Gasteiger partial charge in [0, 0.05) is 16.8 Å². The Balaban J connectivity index is 2.02. The van der Waals surface area contributed by atoms with Crippen molar-refractivity contribution in [3.63, 3.8) is 0 Å². The van der Waals surface area contributed by atoms with Gasteiger partial charge in [-0.05, 0) is 44.2 Å². The number of carbonyl (C=O) groups is 1. The van der Waals surface area contributed by atoms with Crippen LogP contribution in [0.15, 0.2) is 42.5 Å². The number of halogens is 2. The Morgan fingerprint density at radius 3 is 2.22 bits per heavy atom. The van der Waals surface area contributed by atoms with E-state index in [0.29, 0.717) is 15.6 Å². The summed E-state index contributed by atoms with van der Waals surface area (Å²) in [6.45, 7) is 7.57. The molecular formula is C18H21Cl2N2O+. The molecule has 2 rings (SSSR count). The van der Waals surface area contributed by atoms with E-state index in [0.717, 1.165) is 25.3 Å². The van der Waals surface area contributed by atoms with E-state index in [1.807, 2.05) is 12.1 Å². The average Bonchev–Trinajstić information content (AvgIpc) is 2.56. The van der Waals surface area contributed by atoms with Gasteiger partial charge in [-0.2, -0.15) is 0 Å². The number of anilines is 1. The van der Waals surface area contributed by atoms with Gasteiger partial charge in [0.1, 0.15) is 6.54 Å². The third kappa shape index (κ3) is 4.96. The van der Waals surface area contributed by atoms with Gasteiger partial charge >= 0.3 is 0 Å². The number of benzene rings is 2. The van der Waals surface area contributed by atoms with Crippen molar-refractivity contribution in [2.24, 2.45) is 0 Å². The van der Waals surface area contributed by atoms with E-state index < -0.39 is 0 Å². The van der Waals surface area contributed by atoms with Crippen molar-refractivity contribution >= 4 is 34.8 Å². The standard InChI is InChI=1S/C18H20Cl2N2O/c1-3-22(4-2)12-13-5-8-15(9-6-13)21-18(23)14-7-10-16(19)17(20)11-14/h5-11H,3-4,12H2,1-2H3,(H,21,23)/p+1. The third-order valence-corrected chi connectivity index (χ3v) is 4.59. The number of hydrogen-bond acceptors (Lipinski definition) is 1. The summed E-state index contributed by atoms with van der Waals surface area (Å²) < 4.78 is 0. The van der Waals surface area contributed by atoms with Gasteiger partial charge in [-0.15, -0.1) is 0 Å². The number of hydrogen-bond donors (Lipinski definition) is 2. The molecule has 0 spiro atoms. The molecule has 0 aliphatic rings. The molecule has 1 amide bonds. The third-order valence-electron chi connectivity index (χ3n) is 3.85. The zero-order chi connectivity index (χ0) is 16.8. The second-order valence-corrected chi connectivity index (χ2v) is 6.23. The molecule has 122 valence electrons. The quantitative estimate of drug-likeness (QED) is 0.817. The minimum atomic E-state index is -0.203. The molecular weight excluding hydrogens is 331 g/mol. The first-order valence-corrected chi connectivity index (χ1v) is 8.48. The zero-order valence-electron chi connectivity index (χ0n) is 13.3. The molecule has 2 aromatic carbocycles. The molecule has 0 aromatic heterocycles. The molecule has 2 aromatic rings. The summed E-state index contributed by atoms with van der Waals surface area (Å²) in [5.74, 6) is -0.203. The van der Waals surface area contributed by atoms with Gasteiger partial charge < -0.3 is 10.2 Å². The smallest absolute Gasteiger partial charge is 0.255 e. The Hall–Kier alpha value is -1.55. The van der Waals surface area contributed by atoms with E-state index >= 15 is 0 Å².